The van der Waals surface area contributed by atoms with Crippen molar-refractivity contribution in [2.45, 2.75) is 13.8 Å². The van der Waals surface area contributed by atoms with Gasteiger partial charge in [-0.05, 0) is 42.4 Å². The van der Waals surface area contributed by atoms with Gasteiger partial charge in [0.1, 0.15) is 11.9 Å². The second-order valence-corrected chi connectivity index (χ2v) is 5.03. The minimum atomic E-state index is 0.898. The number of azo groups is 1. The number of anilines is 1. The van der Waals surface area contributed by atoms with E-state index in [-0.39, 0.29) is 0 Å². The molecule has 0 aliphatic heterocycles. The van der Waals surface area contributed by atoms with Crippen molar-refractivity contribution in [3.63, 3.8) is 0 Å². The summed E-state index contributed by atoms with van der Waals surface area (Å²) in [6.07, 6.45) is 1.98. The molecule has 1 heterocycles. The molecule has 100 valence electrons. The molecular weight excluding hydrogens is 256 g/mol. The molecule has 0 saturated carbocycles. The van der Waals surface area contributed by atoms with Gasteiger partial charge in [0, 0.05) is 18.5 Å². The topological polar surface area (TPSA) is 31.8 Å². The van der Waals surface area contributed by atoms with Gasteiger partial charge < -0.3 is 4.90 Å². The molecule has 0 aliphatic rings. The van der Waals surface area contributed by atoms with Crippen molar-refractivity contribution >= 4 is 27.8 Å². The fourth-order valence-corrected chi connectivity index (χ4v) is 2.58. The molecular formula is C14H19N4S+. The quantitative estimate of drug-likeness (QED) is 0.602. The van der Waals surface area contributed by atoms with Crippen LogP contribution in [0.4, 0.5) is 16.5 Å². The van der Waals surface area contributed by atoms with Crippen molar-refractivity contribution < 1.29 is 4.57 Å². The van der Waals surface area contributed by atoms with Crippen LogP contribution in [-0.4, -0.2) is 13.1 Å². The molecule has 2 rings (SSSR count). The van der Waals surface area contributed by atoms with Crippen LogP contribution in [0.15, 0.2) is 46.1 Å². The third-order valence-electron chi connectivity index (χ3n) is 2.99. The first-order valence-electron chi connectivity index (χ1n) is 6.45. The average Bonchev–Trinajstić information content (AvgIpc) is 2.84. The normalized spacial score (nSPS) is 11.1. The Morgan fingerprint density at radius 2 is 1.89 bits per heavy atom. The summed E-state index contributed by atoms with van der Waals surface area (Å²) < 4.78 is 1.97. The Labute approximate surface area is 118 Å². The van der Waals surface area contributed by atoms with Gasteiger partial charge in [-0.1, -0.05) is 12.1 Å². The zero-order valence-electron chi connectivity index (χ0n) is 11.6. The summed E-state index contributed by atoms with van der Waals surface area (Å²) in [5.41, 5.74) is 2.05. The number of hydrogen-bond acceptors (Lipinski definition) is 4. The van der Waals surface area contributed by atoms with Crippen LogP contribution < -0.4 is 9.47 Å². The van der Waals surface area contributed by atoms with Crippen molar-refractivity contribution in [3.8, 4) is 0 Å². The predicted molar refractivity (Wildman–Crippen MR) is 79.7 cm³/mol. The first kappa shape index (κ1) is 13.7. The summed E-state index contributed by atoms with van der Waals surface area (Å²) in [6.45, 7) is 6.24. The lowest BCUT2D eigenvalue weighted by Crippen LogP contribution is -2.23. The van der Waals surface area contributed by atoms with E-state index in [0.717, 1.165) is 29.6 Å². The summed E-state index contributed by atoms with van der Waals surface area (Å²) in [6, 6.07) is 8.13. The summed E-state index contributed by atoms with van der Waals surface area (Å²) in [4.78, 5) is 2.28. The number of rotatable bonds is 5. The largest absolute Gasteiger partial charge is 0.408 e. The number of para-hydroxylation sites is 1. The zero-order valence-corrected chi connectivity index (χ0v) is 12.4. The lowest BCUT2D eigenvalue weighted by atomic mass is 10.2. The number of aromatic nitrogens is 1. The van der Waals surface area contributed by atoms with E-state index in [1.165, 1.54) is 0 Å². The van der Waals surface area contributed by atoms with Gasteiger partial charge in [-0.25, -0.2) is 4.57 Å². The third kappa shape index (κ3) is 3.17. The van der Waals surface area contributed by atoms with Crippen LogP contribution in [0.5, 0.6) is 0 Å². The monoisotopic (exact) mass is 275 g/mol. The Morgan fingerprint density at radius 1 is 1.16 bits per heavy atom. The number of nitrogens with zero attached hydrogens (tertiary/aromatic N) is 4. The minimum absolute atomic E-state index is 0.898. The SMILES string of the molecule is CCN(CC)c1ccccc1N=Nc1scc[n+]1C. The highest BCUT2D eigenvalue weighted by molar-refractivity contribution is 7.12. The van der Waals surface area contributed by atoms with Crippen molar-refractivity contribution in [2.24, 2.45) is 17.3 Å². The van der Waals surface area contributed by atoms with Crippen LogP contribution in [0.25, 0.3) is 0 Å². The van der Waals surface area contributed by atoms with Crippen molar-refractivity contribution in [1.29, 1.82) is 0 Å². The molecule has 1 aromatic heterocycles. The van der Waals surface area contributed by atoms with E-state index in [2.05, 4.69) is 35.0 Å². The van der Waals surface area contributed by atoms with E-state index in [1.54, 1.807) is 11.3 Å². The molecule has 0 saturated heterocycles. The van der Waals surface area contributed by atoms with Gasteiger partial charge in [0.15, 0.2) is 0 Å². The predicted octanol–water partition coefficient (Wildman–Crippen LogP) is 3.83. The Morgan fingerprint density at radius 3 is 2.53 bits per heavy atom. The fraction of sp³-hybridized carbons (Fsp3) is 0.357. The van der Waals surface area contributed by atoms with Gasteiger partial charge in [0.25, 0.3) is 0 Å². The molecule has 5 heteroatoms. The fourth-order valence-electron chi connectivity index (χ4n) is 1.90. The van der Waals surface area contributed by atoms with E-state index in [4.69, 9.17) is 0 Å². The van der Waals surface area contributed by atoms with E-state index in [9.17, 15) is 0 Å². The molecule has 0 spiro atoms. The van der Waals surface area contributed by atoms with E-state index in [0.29, 0.717) is 0 Å². The second kappa shape index (κ2) is 6.43. The molecule has 0 atom stereocenters. The molecule has 2 aromatic rings. The number of thiazole rings is 1. The van der Waals surface area contributed by atoms with Gasteiger partial charge in [-0.2, -0.15) is 0 Å². The molecule has 0 fully saturated rings. The van der Waals surface area contributed by atoms with Gasteiger partial charge in [0.05, 0.1) is 17.8 Å². The van der Waals surface area contributed by atoms with Crippen LogP contribution in [-0.2, 0) is 7.05 Å². The maximum atomic E-state index is 4.40. The van der Waals surface area contributed by atoms with Crippen molar-refractivity contribution in [1.82, 2.24) is 0 Å². The Bertz CT molecular complexity index is 558. The maximum Gasteiger partial charge on any atom is 0.408 e. The standard InChI is InChI=1S/C14H19N4S/c1-4-18(5-2)13-9-7-6-8-12(13)15-16-14-17(3)10-11-19-14/h6-11H,4-5H2,1-3H3/q+1. The third-order valence-corrected chi connectivity index (χ3v) is 3.83. The molecule has 19 heavy (non-hydrogen) atoms. The number of hydrogen-bond donors (Lipinski definition) is 0. The summed E-state index contributed by atoms with van der Waals surface area (Å²) >= 11 is 1.58. The van der Waals surface area contributed by atoms with E-state index < -0.39 is 0 Å². The Balaban J connectivity index is 2.30. The van der Waals surface area contributed by atoms with Crippen molar-refractivity contribution in [3.05, 3.63) is 35.8 Å². The molecule has 4 nitrogen and oxygen atoms in total. The smallest absolute Gasteiger partial charge is 0.370 e. The van der Waals surface area contributed by atoms with Gasteiger partial charge in [-0.3, -0.25) is 0 Å². The molecule has 0 aliphatic carbocycles. The van der Waals surface area contributed by atoms with Gasteiger partial charge in [-0.15, -0.1) is 0 Å². The van der Waals surface area contributed by atoms with Crippen molar-refractivity contribution in [2.75, 3.05) is 18.0 Å². The van der Waals surface area contributed by atoms with Crippen LogP contribution in [0, 0.1) is 0 Å². The molecule has 0 amide bonds. The Kier molecular flexibility index (Phi) is 4.63. The average molecular weight is 275 g/mol. The molecule has 0 unspecified atom stereocenters. The highest BCUT2D eigenvalue weighted by atomic mass is 32.1. The van der Waals surface area contributed by atoms with Crippen LogP contribution in [0.2, 0.25) is 0 Å². The molecule has 0 N–H and O–H groups in total. The molecule has 0 bridgehead atoms. The molecule has 0 radical (unpaired) electrons. The minimum Gasteiger partial charge on any atom is -0.370 e. The lowest BCUT2D eigenvalue weighted by Gasteiger charge is -2.21. The summed E-state index contributed by atoms with van der Waals surface area (Å²) in [7, 11) is 1.97. The van der Waals surface area contributed by atoms with Gasteiger partial charge in [0.2, 0.25) is 0 Å². The van der Waals surface area contributed by atoms with Crippen LogP contribution in [0.1, 0.15) is 13.8 Å². The Hall–Kier alpha value is -1.75. The first-order valence-corrected chi connectivity index (χ1v) is 7.33. The number of benzene rings is 1. The van der Waals surface area contributed by atoms with E-state index in [1.807, 2.05) is 41.4 Å². The first-order chi connectivity index (χ1) is 9.26. The molecule has 1 aromatic carbocycles. The summed E-state index contributed by atoms with van der Waals surface area (Å²) in [5.74, 6) is 0. The second-order valence-electron chi connectivity index (χ2n) is 4.16. The van der Waals surface area contributed by atoms with Crippen LogP contribution in [0.3, 0.4) is 0 Å². The zero-order chi connectivity index (χ0) is 13.7. The lowest BCUT2D eigenvalue weighted by molar-refractivity contribution is -0.654. The maximum absolute atomic E-state index is 4.40. The van der Waals surface area contributed by atoms with Crippen LogP contribution >= 0.6 is 11.3 Å². The van der Waals surface area contributed by atoms with Gasteiger partial charge >= 0.3 is 5.13 Å². The van der Waals surface area contributed by atoms with E-state index >= 15 is 0 Å². The number of aryl methyl sites for hydroxylation is 1. The highest BCUT2D eigenvalue weighted by Gasteiger charge is 2.11. The highest BCUT2D eigenvalue weighted by Crippen LogP contribution is 2.29. The summed E-state index contributed by atoms with van der Waals surface area (Å²) in [5, 5.41) is 11.6.